The van der Waals surface area contributed by atoms with Gasteiger partial charge in [-0.2, -0.15) is 13.2 Å². The summed E-state index contributed by atoms with van der Waals surface area (Å²) in [6, 6.07) is 4.17. The Labute approximate surface area is 181 Å². The van der Waals surface area contributed by atoms with E-state index in [1.54, 1.807) is 19.1 Å². The lowest BCUT2D eigenvalue weighted by Crippen LogP contribution is -2.54. The van der Waals surface area contributed by atoms with Gasteiger partial charge in [0.2, 0.25) is 5.91 Å². The normalized spacial score (nSPS) is 15.8. The van der Waals surface area contributed by atoms with Crippen LogP contribution in [0.2, 0.25) is 0 Å². The van der Waals surface area contributed by atoms with Crippen molar-refractivity contribution in [3.05, 3.63) is 29.6 Å². The van der Waals surface area contributed by atoms with Crippen LogP contribution in [-0.2, 0) is 20.9 Å². The smallest absolute Gasteiger partial charge is 0.414 e. The maximum Gasteiger partial charge on any atom is 0.414 e. The van der Waals surface area contributed by atoms with E-state index in [4.69, 9.17) is 24.5 Å². The van der Waals surface area contributed by atoms with Crippen LogP contribution in [0.15, 0.2) is 18.2 Å². The van der Waals surface area contributed by atoms with Gasteiger partial charge in [-0.05, 0) is 24.6 Å². The largest absolute Gasteiger partial charge is 0.494 e. The molecule has 1 aliphatic rings. The molecule has 0 radical (unpaired) electrons. The summed E-state index contributed by atoms with van der Waals surface area (Å²) in [5.74, 6) is -4.51. The fraction of sp³-hybridized carbons (Fsp3) is 0.526. The van der Waals surface area contributed by atoms with Crippen molar-refractivity contribution >= 4 is 17.8 Å². The van der Waals surface area contributed by atoms with Gasteiger partial charge in [0.15, 0.2) is 11.6 Å². The molecule has 1 aromatic carbocycles. The van der Waals surface area contributed by atoms with Gasteiger partial charge in [-0.1, -0.05) is 6.07 Å². The Kier molecular flexibility index (Phi) is 10.3. The number of nitrogens with zero attached hydrogens (tertiary/aromatic N) is 2. The lowest BCUT2D eigenvalue weighted by molar-refractivity contribution is -0.159. The van der Waals surface area contributed by atoms with Crippen LogP contribution in [0.4, 0.5) is 17.6 Å². The highest BCUT2D eigenvalue weighted by molar-refractivity contribution is 6.27. The molecule has 2 rings (SSSR count). The van der Waals surface area contributed by atoms with Gasteiger partial charge in [-0.25, -0.2) is 14.0 Å². The number of methoxy groups -OCH3 is 1. The molecule has 1 atom stereocenters. The highest BCUT2D eigenvalue weighted by atomic mass is 19.4. The van der Waals surface area contributed by atoms with Gasteiger partial charge in [0.05, 0.1) is 13.2 Å². The van der Waals surface area contributed by atoms with E-state index < -0.39 is 42.4 Å². The van der Waals surface area contributed by atoms with E-state index in [2.05, 4.69) is 4.90 Å². The number of nitrogens with one attached hydrogen (secondary N) is 1. The number of carboxylic acid groups (broad SMARTS) is 2. The van der Waals surface area contributed by atoms with Crippen molar-refractivity contribution < 1.29 is 46.9 Å². The number of rotatable bonds is 6. The number of carboxylic acids is 2. The second-order valence-electron chi connectivity index (χ2n) is 6.90. The van der Waals surface area contributed by atoms with Crippen molar-refractivity contribution in [3.8, 4) is 5.75 Å². The third kappa shape index (κ3) is 9.47. The van der Waals surface area contributed by atoms with Crippen molar-refractivity contribution in [2.45, 2.75) is 25.7 Å². The Morgan fingerprint density at radius 2 is 1.69 bits per heavy atom. The summed E-state index contributed by atoms with van der Waals surface area (Å²) in [6.45, 7) is 3.23. The van der Waals surface area contributed by atoms with Gasteiger partial charge >= 0.3 is 18.1 Å². The number of halogens is 4. The SMILES string of the molecule is COc1ccc(CN2CCN(C(C)C(=O)NCC(F)(F)F)CC2)cc1F.O=C(O)C(=O)O. The molecule has 0 bridgehead atoms. The van der Waals surface area contributed by atoms with Crippen LogP contribution in [0.25, 0.3) is 0 Å². The minimum atomic E-state index is -4.41. The fourth-order valence-corrected chi connectivity index (χ4v) is 2.88. The number of hydrogen-bond donors (Lipinski definition) is 3. The van der Waals surface area contributed by atoms with Crippen molar-refractivity contribution in [3.63, 3.8) is 0 Å². The molecule has 3 N–H and O–H groups in total. The Bertz CT molecular complexity index is 786. The average molecular weight is 467 g/mol. The molecule has 0 spiro atoms. The molecule has 1 aliphatic heterocycles. The second-order valence-corrected chi connectivity index (χ2v) is 6.90. The van der Waals surface area contributed by atoms with E-state index in [1.165, 1.54) is 13.2 Å². The molecule has 1 saturated heterocycles. The second kappa shape index (κ2) is 12.2. The van der Waals surface area contributed by atoms with Crippen molar-refractivity contribution in [1.82, 2.24) is 15.1 Å². The van der Waals surface area contributed by atoms with Crippen LogP contribution in [0.3, 0.4) is 0 Å². The maximum atomic E-state index is 13.7. The number of ether oxygens (including phenoxy) is 1. The lowest BCUT2D eigenvalue weighted by atomic mass is 10.1. The first-order chi connectivity index (χ1) is 14.8. The highest BCUT2D eigenvalue weighted by Gasteiger charge is 2.31. The number of piperazine rings is 1. The Balaban J connectivity index is 0.000000751. The topological polar surface area (TPSA) is 119 Å². The number of alkyl halides is 3. The third-order valence-corrected chi connectivity index (χ3v) is 4.60. The van der Waals surface area contributed by atoms with Crippen LogP contribution in [-0.4, -0.2) is 89.9 Å². The molecule has 13 heteroatoms. The first-order valence-corrected chi connectivity index (χ1v) is 9.43. The minimum Gasteiger partial charge on any atom is -0.494 e. The minimum absolute atomic E-state index is 0.192. The number of aliphatic carboxylic acids is 2. The Hall–Kier alpha value is -2.93. The molecular formula is C19H25F4N3O6. The van der Waals surface area contributed by atoms with Gasteiger partial charge in [0.25, 0.3) is 0 Å². The van der Waals surface area contributed by atoms with Crippen molar-refractivity contribution in [1.29, 1.82) is 0 Å². The Morgan fingerprint density at radius 1 is 1.12 bits per heavy atom. The number of carbonyl (C=O) groups is 3. The first-order valence-electron chi connectivity index (χ1n) is 9.43. The van der Waals surface area contributed by atoms with Gasteiger partial charge < -0.3 is 20.3 Å². The van der Waals surface area contributed by atoms with Gasteiger partial charge in [-0.15, -0.1) is 0 Å². The van der Waals surface area contributed by atoms with Crippen LogP contribution < -0.4 is 10.1 Å². The van der Waals surface area contributed by atoms with Crippen molar-refractivity contribution in [2.24, 2.45) is 0 Å². The zero-order chi connectivity index (χ0) is 24.5. The summed E-state index contributed by atoms with van der Waals surface area (Å²) in [7, 11) is 1.41. The van der Waals surface area contributed by atoms with Crippen LogP contribution in [0, 0.1) is 5.82 Å². The first kappa shape index (κ1) is 27.1. The molecule has 1 amide bonds. The summed E-state index contributed by atoms with van der Waals surface area (Å²) >= 11 is 0. The van der Waals surface area contributed by atoms with E-state index in [0.29, 0.717) is 32.7 Å². The predicted molar refractivity (Wildman–Crippen MR) is 104 cm³/mol. The standard InChI is InChI=1S/C17H23F4N3O2.C2H2O4/c1-12(16(25)22-11-17(19,20)21)24-7-5-23(6-8-24)10-13-3-4-15(26-2)14(18)9-13;3-1(4)2(5)6/h3-4,9,12H,5-8,10-11H2,1-2H3,(H,22,25);(H,3,4)(H,5,6). The zero-order valence-corrected chi connectivity index (χ0v) is 17.5. The molecule has 9 nitrogen and oxygen atoms in total. The maximum absolute atomic E-state index is 13.7. The van der Waals surface area contributed by atoms with E-state index in [9.17, 15) is 22.4 Å². The third-order valence-electron chi connectivity index (χ3n) is 4.60. The Morgan fingerprint density at radius 3 is 2.12 bits per heavy atom. The summed E-state index contributed by atoms with van der Waals surface area (Å²) < 4.78 is 55.2. The number of carbonyl (C=O) groups excluding carboxylic acids is 1. The fourth-order valence-electron chi connectivity index (χ4n) is 2.88. The molecule has 1 fully saturated rings. The molecular weight excluding hydrogens is 442 g/mol. The van der Waals surface area contributed by atoms with E-state index in [-0.39, 0.29) is 5.75 Å². The molecule has 0 aliphatic carbocycles. The van der Waals surface area contributed by atoms with E-state index >= 15 is 0 Å². The van der Waals surface area contributed by atoms with E-state index in [0.717, 1.165) is 5.56 Å². The number of hydrogen-bond acceptors (Lipinski definition) is 6. The van der Waals surface area contributed by atoms with Gasteiger partial charge in [0.1, 0.15) is 6.54 Å². The average Bonchev–Trinajstić information content (AvgIpc) is 2.72. The quantitative estimate of drug-likeness (QED) is 0.422. The summed E-state index contributed by atoms with van der Waals surface area (Å²) in [5, 5.41) is 16.7. The molecule has 1 heterocycles. The van der Waals surface area contributed by atoms with Crippen LogP contribution >= 0.6 is 0 Å². The highest BCUT2D eigenvalue weighted by Crippen LogP contribution is 2.19. The number of amides is 1. The molecule has 1 unspecified atom stereocenters. The van der Waals surface area contributed by atoms with Gasteiger partial charge in [0, 0.05) is 32.7 Å². The molecule has 0 aromatic heterocycles. The molecule has 32 heavy (non-hydrogen) atoms. The molecule has 1 aromatic rings. The lowest BCUT2D eigenvalue weighted by Gasteiger charge is -2.37. The zero-order valence-electron chi connectivity index (χ0n) is 17.5. The summed E-state index contributed by atoms with van der Waals surface area (Å²) in [6.07, 6.45) is -4.41. The summed E-state index contributed by atoms with van der Waals surface area (Å²) in [4.78, 5) is 34.0. The van der Waals surface area contributed by atoms with E-state index in [1.807, 2.05) is 10.2 Å². The molecule has 0 saturated carbocycles. The monoisotopic (exact) mass is 467 g/mol. The van der Waals surface area contributed by atoms with Gasteiger partial charge in [-0.3, -0.25) is 14.6 Å². The van der Waals surface area contributed by atoms with Crippen LogP contribution in [0.5, 0.6) is 5.75 Å². The molecule has 180 valence electrons. The van der Waals surface area contributed by atoms with Crippen molar-refractivity contribution in [2.75, 3.05) is 39.8 Å². The summed E-state index contributed by atoms with van der Waals surface area (Å²) in [5.41, 5.74) is 0.813. The predicted octanol–water partition coefficient (Wildman–Crippen LogP) is 1.17. The number of benzene rings is 1. The van der Waals surface area contributed by atoms with Crippen LogP contribution in [0.1, 0.15) is 12.5 Å².